The molecule has 1 amide bonds. The van der Waals surface area contributed by atoms with Gasteiger partial charge in [-0.3, -0.25) is 4.79 Å². The van der Waals surface area contributed by atoms with E-state index in [0.29, 0.717) is 4.67 Å². The summed E-state index contributed by atoms with van der Waals surface area (Å²) in [6.07, 6.45) is -1.13. The molecule has 1 N–H and O–H groups in total. The number of rotatable bonds is 4. The second-order valence-corrected chi connectivity index (χ2v) is 5.48. The van der Waals surface area contributed by atoms with E-state index in [-0.39, 0.29) is 16.5 Å². The van der Waals surface area contributed by atoms with Crippen molar-refractivity contribution in [1.29, 1.82) is 0 Å². The fraction of sp³-hybridized carbons (Fsp3) is 0.143. The highest BCUT2D eigenvalue weighted by atomic mass is 79.9. The van der Waals surface area contributed by atoms with Gasteiger partial charge in [0.05, 0.1) is 5.69 Å². The minimum atomic E-state index is -1.13. The lowest BCUT2D eigenvalue weighted by Crippen LogP contribution is -2.30. The number of halogens is 3. The molecule has 0 saturated carbocycles. The first-order valence-corrected chi connectivity index (χ1v) is 7.26. The molecule has 0 fully saturated rings. The topological polar surface area (TPSA) is 68.5 Å². The van der Waals surface area contributed by atoms with Crippen LogP contribution < -0.4 is 5.32 Å². The molecule has 1 atom stereocenters. The first-order chi connectivity index (χ1) is 10.4. The van der Waals surface area contributed by atoms with Gasteiger partial charge in [0.25, 0.3) is 5.91 Å². The standard InChI is InChI=1S/C14H10BrClFNO4/c1-7(21-14(20)11-4-5-12(15)22-11)13(19)18-10-3-2-8(16)6-9(10)17/h2-7H,1H3,(H,18,19). The zero-order valence-corrected chi connectivity index (χ0v) is 13.6. The van der Waals surface area contributed by atoms with E-state index in [9.17, 15) is 14.0 Å². The zero-order valence-electron chi connectivity index (χ0n) is 11.2. The first kappa shape index (κ1) is 16.5. The molecule has 1 heterocycles. The third-order valence-corrected chi connectivity index (χ3v) is 3.28. The molecule has 0 saturated heterocycles. The number of anilines is 1. The summed E-state index contributed by atoms with van der Waals surface area (Å²) in [7, 11) is 0. The van der Waals surface area contributed by atoms with Crippen molar-refractivity contribution in [2.45, 2.75) is 13.0 Å². The van der Waals surface area contributed by atoms with Gasteiger partial charge in [0, 0.05) is 5.02 Å². The number of ether oxygens (including phenoxy) is 1. The maximum atomic E-state index is 13.6. The van der Waals surface area contributed by atoms with E-state index >= 15 is 0 Å². The zero-order chi connectivity index (χ0) is 16.3. The Kier molecular flexibility index (Phi) is 5.20. The second-order valence-electron chi connectivity index (χ2n) is 4.26. The highest BCUT2D eigenvalue weighted by Crippen LogP contribution is 2.19. The number of hydrogen-bond acceptors (Lipinski definition) is 4. The molecular formula is C14H10BrClFNO4. The molecule has 0 radical (unpaired) electrons. The van der Waals surface area contributed by atoms with Crippen LogP contribution in [-0.4, -0.2) is 18.0 Å². The number of amides is 1. The van der Waals surface area contributed by atoms with Gasteiger partial charge in [0.2, 0.25) is 5.76 Å². The number of carbonyl (C=O) groups excluding carboxylic acids is 2. The molecule has 0 aliphatic carbocycles. The van der Waals surface area contributed by atoms with Crippen LogP contribution >= 0.6 is 27.5 Å². The van der Waals surface area contributed by atoms with E-state index < -0.39 is 23.8 Å². The Morgan fingerprint density at radius 1 is 1.36 bits per heavy atom. The van der Waals surface area contributed by atoms with E-state index in [4.69, 9.17) is 20.8 Å². The number of carbonyl (C=O) groups is 2. The quantitative estimate of drug-likeness (QED) is 0.801. The van der Waals surface area contributed by atoms with Gasteiger partial charge < -0.3 is 14.5 Å². The monoisotopic (exact) mass is 389 g/mol. The lowest BCUT2D eigenvalue weighted by Gasteiger charge is -2.13. The second kappa shape index (κ2) is 6.93. The van der Waals surface area contributed by atoms with E-state index in [0.717, 1.165) is 6.07 Å². The van der Waals surface area contributed by atoms with Crippen molar-refractivity contribution in [1.82, 2.24) is 0 Å². The van der Waals surface area contributed by atoms with Crippen LogP contribution in [0.25, 0.3) is 0 Å². The molecule has 0 aliphatic rings. The summed E-state index contributed by atoms with van der Waals surface area (Å²) in [5, 5.41) is 2.52. The minimum Gasteiger partial charge on any atom is -0.447 e. The summed E-state index contributed by atoms with van der Waals surface area (Å²) in [4.78, 5) is 23.6. The Balaban J connectivity index is 1.98. The molecule has 0 bridgehead atoms. The molecule has 0 spiro atoms. The van der Waals surface area contributed by atoms with Crippen LogP contribution in [0.2, 0.25) is 5.02 Å². The summed E-state index contributed by atoms with van der Waals surface area (Å²) in [5.41, 5.74) is -0.0574. The fourth-order valence-corrected chi connectivity index (χ4v) is 1.99. The van der Waals surface area contributed by atoms with Crippen molar-refractivity contribution in [2.75, 3.05) is 5.32 Å². The van der Waals surface area contributed by atoms with Crippen LogP contribution in [0.4, 0.5) is 10.1 Å². The molecule has 22 heavy (non-hydrogen) atoms. The average molecular weight is 391 g/mol. The van der Waals surface area contributed by atoms with Gasteiger partial charge in [-0.1, -0.05) is 11.6 Å². The van der Waals surface area contributed by atoms with Gasteiger partial charge in [-0.05, 0) is 53.2 Å². The van der Waals surface area contributed by atoms with Gasteiger partial charge in [-0.2, -0.15) is 0 Å². The molecule has 8 heteroatoms. The van der Waals surface area contributed by atoms with Gasteiger partial charge in [-0.25, -0.2) is 9.18 Å². The highest BCUT2D eigenvalue weighted by molar-refractivity contribution is 9.10. The summed E-state index contributed by atoms with van der Waals surface area (Å²) >= 11 is 8.67. The Morgan fingerprint density at radius 3 is 2.68 bits per heavy atom. The molecule has 0 aliphatic heterocycles. The lowest BCUT2D eigenvalue weighted by atomic mass is 10.3. The third-order valence-electron chi connectivity index (χ3n) is 2.62. The molecular weight excluding hydrogens is 381 g/mol. The summed E-state index contributed by atoms with van der Waals surface area (Å²) < 4.78 is 23.9. The predicted octanol–water partition coefficient (Wildman–Crippen LogP) is 4.02. The number of benzene rings is 1. The van der Waals surface area contributed by atoms with Crippen molar-refractivity contribution >= 4 is 45.1 Å². The van der Waals surface area contributed by atoms with Crippen LogP contribution in [0.3, 0.4) is 0 Å². The van der Waals surface area contributed by atoms with Crippen molar-refractivity contribution < 1.29 is 23.1 Å². The van der Waals surface area contributed by atoms with E-state index in [2.05, 4.69) is 21.2 Å². The summed E-state index contributed by atoms with van der Waals surface area (Å²) in [6, 6.07) is 6.72. The maximum absolute atomic E-state index is 13.6. The van der Waals surface area contributed by atoms with Crippen LogP contribution in [0, 0.1) is 5.82 Å². The van der Waals surface area contributed by atoms with Gasteiger partial charge in [0.15, 0.2) is 10.8 Å². The third kappa shape index (κ3) is 4.08. The van der Waals surface area contributed by atoms with Gasteiger partial charge in [0.1, 0.15) is 5.82 Å². The smallest absolute Gasteiger partial charge is 0.375 e. The van der Waals surface area contributed by atoms with Crippen LogP contribution in [0.1, 0.15) is 17.5 Å². The summed E-state index contributed by atoms with van der Waals surface area (Å²) in [6.45, 7) is 1.36. The molecule has 116 valence electrons. The normalized spacial score (nSPS) is 11.8. The number of esters is 1. The largest absolute Gasteiger partial charge is 0.447 e. The van der Waals surface area contributed by atoms with E-state index in [1.807, 2.05) is 0 Å². The van der Waals surface area contributed by atoms with Gasteiger partial charge in [-0.15, -0.1) is 0 Å². The van der Waals surface area contributed by atoms with Crippen LogP contribution in [0.5, 0.6) is 0 Å². The van der Waals surface area contributed by atoms with E-state index in [1.54, 1.807) is 0 Å². The SMILES string of the molecule is CC(OC(=O)c1ccc(Br)o1)C(=O)Nc1ccc(Cl)cc1F. The van der Waals surface area contributed by atoms with Gasteiger partial charge >= 0.3 is 5.97 Å². The fourth-order valence-electron chi connectivity index (χ4n) is 1.52. The minimum absolute atomic E-state index is 0.0517. The van der Waals surface area contributed by atoms with E-state index in [1.165, 1.54) is 31.2 Å². The Morgan fingerprint density at radius 2 is 2.09 bits per heavy atom. The first-order valence-electron chi connectivity index (χ1n) is 6.09. The molecule has 2 rings (SSSR count). The number of furan rings is 1. The Bertz CT molecular complexity index is 719. The Hall–Kier alpha value is -1.86. The van der Waals surface area contributed by atoms with Crippen molar-refractivity contribution in [3.8, 4) is 0 Å². The van der Waals surface area contributed by atoms with Crippen molar-refractivity contribution in [3.05, 3.63) is 51.6 Å². The van der Waals surface area contributed by atoms with Crippen molar-refractivity contribution in [2.24, 2.45) is 0 Å². The number of hydrogen-bond donors (Lipinski definition) is 1. The molecule has 1 aromatic heterocycles. The summed E-state index contributed by atoms with van der Waals surface area (Å²) in [5.74, 6) is -2.22. The molecule has 2 aromatic rings. The van der Waals surface area contributed by atoms with Crippen LogP contribution in [-0.2, 0) is 9.53 Å². The Labute approximate surface area is 138 Å². The maximum Gasteiger partial charge on any atom is 0.375 e. The lowest BCUT2D eigenvalue weighted by molar-refractivity contribution is -0.123. The molecule has 1 aromatic carbocycles. The molecule has 5 nitrogen and oxygen atoms in total. The van der Waals surface area contributed by atoms with Crippen LogP contribution in [0.15, 0.2) is 39.4 Å². The number of nitrogens with one attached hydrogen (secondary N) is 1. The molecule has 1 unspecified atom stereocenters. The highest BCUT2D eigenvalue weighted by Gasteiger charge is 2.21. The predicted molar refractivity (Wildman–Crippen MR) is 81.3 cm³/mol. The van der Waals surface area contributed by atoms with Crippen molar-refractivity contribution in [3.63, 3.8) is 0 Å². The average Bonchev–Trinajstić information content (AvgIpc) is 2.88.